The van der Waals surface area contributed by atoms with Gasteiger partial charge in [-0.15, -0.1) is 0 Å². The lowest BCUT2D eigenvalue weighted by atomic mass is 10.1. The number of methoxy groups -OCH3 is 1. The van der Waals surface area contributed by atoms with Gasteiger partial charge in [0.15, 0.2) is 5.96 Å². The molecular formula is C22H30N4O2. The van der Waals surface area contributed by atoms with E-state index in [-0.39, 0.29) is 5.91 Å². The van der Waals surface area contributed by atoms with Gasteiger partial charge in [0.05, 0.1) is 7.11 Å². The van der Waals surface area contributed by atoms with Crippen molar-refractivity contribution in [3.8, 4) is 5.75 Å². The first-order valence-electron chi connectivity index (χ1n) is 9.52. The molecule has 150 valence electrons. The van der Waals surface area contributed by atoms with Gasteiger partial charge in [-0.1, -0.05) is 29.8 Å². The molecule has 0 atom stereocenters. The van der Waals surface area contributed by atoms with Crippen LogP contribution in [0.1, 0.15) is 34.0 Å². The molecule has 0 unspecified atom stereocenters. The van der Waals surface area contributed by atoms with E-state index in [9.17, 15) is 4.79 Å². The molecule has 0 heterocycles. The van der Waals surface area contributed by atoms with E-state index in [2.05, 4.69) is 33.9 Å². The first kappa shape index (κ1) is 21.3. The molecule has 3 N–H and O–H groups in total. The zero-order chi connectivity index (χ0) is 20.4. The van der Waals surface area contributed by atoms with Gasteiger partial charge in [0.1, 0.15) is 5.75 Å². The summed E-state index contributed by atoms with van der Waals surface area (Å²) in [6.45, 7) is 5.92. The third kappa shape index (κ3) is 6.30. The highest BCUT2D eigenvalue weighted by Crippen LogP contribution is 2.19. The molecule has 2 aromatic carbocycles. The molecule has 28 heavy (non-hydrogen) atoms. The number of carbonyl (C=O) groups is 1. The molecule has 0 aliphatic rings. The van der Waals surface area contributed by atoms with E-state index in [4.69, 9.17) is 4.74 Å². The van der Waals surface area contributed by atoms with E-state index < -0.39 is 0 Å². The van der Waals surface area contributed by atoms with E-state index in [1.165, 1.54) is 11.1 Å². The fourth-order valence-electron chi connectivity index (χ4n) is 2.91. The second kappa shape index (κ2) is 11.0. The van der Waals surface area contributed by atoms with Crippen molar-refractivity contribution in [3.63, 3.8) is 0 Å². The van der Waals surface area contributed by atoms with Crippen LogP contribution in [0.4, 0.5) is 0 Å². The average molecular weight is 383 g/mol. The number of hydrogen-bond donors (Lipinski definition) is 3. The van der Waals surface area contributed by atoms with Crippen LogP contribution >= 0.6 is 0 Å². The molecule has 0 saturated heterocycles. The van der Waals surface area contributed by atoms with Crippen LogP contribution in [0.25, 0.3) is 0 Å². The van der Waals surface area contributed by atoms with E-state index in [0.29, 0.717) is 18.7 Å². The van der Waals surface area contributed by atoms with Crippen LogP contribution in [0.5, 0.6) is 5.75 Å². The zero-order valence-electron chi connectivity index (χ0n) is 17.1. The predicted octanol–water partition coefficient (Wildman–Crippen LogP) is 2.66. The molecule has 0 bridgehead atoms. The number of ether oxygens (including phenoxy) is 1. The van der Waals surface area contributed by atoms with Gasteiger partial charge in [0.25, 0.3) is 5.91 Å². The Morgan fingerprint density at radius 1 is 1.11 bits per heavy atom. The maximum absolute atomic E-state index is 12.0. The Morgan fingerprint density at radius 3 is 2.64 bits per heavy atom. The lowest BCUT2D eigenvalue weighted by Gasteiger charge is -2.14. The number of carbonyl (C=O) groups excluding carboxylic acids is 1. The van der Waals surface area contributed by atoms with Crippen LogP contribution in [0.3, 0.4) is 0 Å². The number of nitrogens with one attached hydrogen (secondary N) is 3. The monoisotopic (exact) mass is 382 g/mol. The van der Waals surface area contributed by atoms with Crippen molar-refractivity contribution in [3.05, 3.63) is 64.7 Å². The lowest BCUT2D eigenvalue weighted by Crippen LogP contribution is -2.38. The van der Waals surface area contributed by atoms with Gasteiger partial charge in [-0.25, -0.2) is 0 Å². The first-order valence-corrected chi connectivity index (χ1v) is 9.52. The largest absolute Gasteiger partial charge is 0.496 e. The predicted molar refractivity (Wildman–Crippen MR) is 114 cm³/mol. The van der Waals surface area contributed by atoms with Gasteiger partial charge in [-0.3, -0.25) is 9.79 Å². The molecule has 1 amide bonds. The van der Waals surface area contributed by atoms with Crippen molar-refractivity contribution >= 4 is 11.9 Å². The van der Waals surface area contributed by atoms with E-state index in [1.54, 1.807) is 14.2 Å². The number of nitrogens with zero attached hydrogens (tertiary/aromatic N) is 1. The maximum Gasteiger partial charge on any atom is 0.251 e. The Bertz CT molecular complexity index is 818. The molecule has 0 radical (unpaired) electrons. The van der Waals surface area contributed by atoms with E-state index >= 15 is 0 Å². The molecule has 6 heteroatoms. The third-order valence-electron chi connectivity index (χ3n) is 4.33. The number of hydrogen-bond acceptors (Lipinski definition) is 3. The number of benzene rings is 2. The Hall–Kier alpha value is -3.02. The van der Waals surface area contributed by atoms with Gasteiger partial charge in [-0.05, 0) is 49.6 Å². The van der Waals surface area contributed by atoms with Crippen LogP contribution in [0, 0.1) is 6.92 Å². The molecule has 0 saturated carbocycles. The number of aliphatic imine (C=N–C) groups is 1. The molecule has 6 nitrogen and oxygen atoms in total. The standard InChI is InChI=1S/C22H30N4O2/c1-5-24-21(27)19-8-6-7-17(14-19)15-26-22(23-3)25-12-11-18-13-16(2)9-10-20(18)28-4/h6-10,13-14H,5,11-12,15H2,1-4H3,(H,24,27)(H2,23,25,26). The Labute approximate surface area is 167 Å². The number of aryl methyl sites for hydroxylation is 1. The SMILES string of the molecule is CCNC(=O)c1cccc(CNC(=NC)NCCc2cc(C)ccc2OC)c1. The zero-order valence-corrected chi connectivity index (χ0v) is 17.1. The summed E-state index contributed by atoms with van der Waals surface area (Å²) in [6, 6.07) is 13.8. The van der Waals surface area contributed by atoms with Crippen molar-refractivity contribution in [2.24, 2.45) is 4.99 Å². The summed E-state index contributed by atoms with van der Waals surface area (Å²) in [4.78, 5) is 16.2. The molecule has 0 fully saturated rings. The maximum atomic E-state index is 12.0. The van der Waals surface area contributed by atoms with Gasteiger partial charge >= 0.3 is 0 Å². The molecule has 0 spiro atoms. The number of guanidine groups is 1. The van der Waals surface area contributed by atoms with Gasteiger partial charge in [-0.2, -0.15) is 0 Å². The highest BCUT2D eigenvalue weighted by molar-refractivity contribution is 5.94. The minimum atomic E-state index is -0.0565. The average Bonchev–Trinajstić information content (AvgIpc) is 2.71. The summed E-state index contributed by atoms with van der Waals surface area (Å²) in [5.41, 5.74) is 4.06. The topological polar surface area (TPSA) is 74.8 Å². The highest BCUT2D eigenvalue weighted by Gasteiger charge is 2.06. The minimum Gasteiger partial charge on any atom is -0.496 e. The molecular weight excluding hydrogens is 352 g/mol. The van der Waals surface area contributed by atoms with Crippen molar-refractivity contribution in [2.75, 3.05) is 27.2 Å². The molecule has 0 aliphatic heterocycles. The smallest absolute Gasteiger partial charge is 0.251 e. The fraction of sp³-hybridized carbons (Fsp3) is 0.364. The van der Waals surface area contributed by atoms with Crippen molar-refractivity contribution < 1.29 is 9.53 Å². The third-order valence-corrected chi connectivity index (χ3v) is 4.33. The Kier molecular flexibility index (Phi) is 8.34. The number of rotatable bonds is 8. The van der Waals surface area contributed by atoms with Crippen LogP contribution in [-0.4, -0.2) is 39.1 Å². The summed E-state index contributed by atoms with van der Waals surface area (Å²) in [6.07, 6.45) is 0.832. The van der Waals surface area contributed by atoms with Gasteiger partial charge < -0.3 is 20.7 Å². The molecule has 0 aromatic heterocycles. The van der Waals surface area contributed by atoms with Crippen molar-refractivity contribution in [2.45, 2.75) is 26.8 Å². The summed E-state index contributed by atoms with van der Waals surface area (Å²) < 4.78 is 5.43. The van der Waals surface area contributed by atoms with Crippen molar-refractivity contribution in [1.29, 1.82) is 0 Å². The quantitative estimate of drug-likeness (QED) is 0.485. The molecule has 2 aromatic rings. The van der Waals surface area contributed by atoms with Crippen molar-refractivity contribution in [1.82, 2.24) is 16.0 Å². The fourth-order valence-corrected chi connectivity index (χ4v) is 2.91. The van der Waals surface area contributed by atoms with E-state index in [1.807, 2.05) is 43.3 Å². The highest BCUT2D eigenvalue weighted by atomic mass is 16.5. The molecule has 0 aliphatic carbocycles. The lowest BCUT2D eigenvalue weighted by molar-refractivity contribution is 0.0955. The van der Waals surface area contributed by atoms with Gasteiger partial charge in [0, 0.05) is 32.2 Å². The van der Waals surface area contributed by atoms with E-state index in [0.717, 1.165) is 30.2 Å². The Balaban J connectivity index is 1.88. The van der Waals surface area contributed by atoms with Crippen LogP contribution in [-0.2, 0) is 13.0 Å². The molecule has 2 rings (SSSR count). The summed E-state index contributed by atoms with van der Waals surface area (Å²) >= 11 is 0. The van der Waals surface area contributed by atoms with Crippen LogP contribution < -0.4 is 20.7 Å². The summed E-state index contributed by atoms with van der Waals surface area (Å²) in [7, 11) is 3.44. The number of amides is 1. The Morgan fingerprint density at radius 2 is 1.93 bits per heavy atom. The van der Waals surface area contributed by atoms with Crippen LogP contribution in [0.2, 0.25) is 0 Å². The normalized spacial score (nSPS) is 11.1. The van der Waals surface area contributed by atoms with Crippen LogP contribution in [0.15, 0.2) is 47.5 Å². The first-order chi connectivity index (χ1) is 13.6. The summed E-state index contributed by atoms with van der Waals surface area (Å²) in [5.74, 6) is 1.56. The second-order valence-corrected chi connectivity index (χ2v) is 6.48. The van der Waals surface area contributed by atoms with Gasteiger partial charge in [0.2, 0.25) is 0 Å². The summed E-state index contributed by atoms with van der Waals surface area (Å²) in [5, 5.41) is 9.42. The minimum absolute atomic E-state index is 0.0565. The second-order valence-electron chi connectivity index (χ2n) is 6.48.